The Kier molecular flexibility index (Phi) is 4.22. The molecular weight excluding hydrogens is 238 g/mol. The molecule has 1 unspecified atom stereocenters. The summed E-state index contributed by atoms with van der Waals surface area (Å²) in [7, 11) is 0. The van der Waals surface area contributed by atoms with Crippen LogP contribution in [0.4, 0.5) is 0 Å². The van der Waals surface area contributed by atoms with E-state index in [-0.39, 0.29) is 12.1 Å². The van der Waals surface area contributed by atoms with Gasteiger partial charge in [0.25, 0.3) is 0 Å². The van der Waals surface area contributed by atoms with E-state index in [1.165, 1.54) is 0 Å². The van der Waals surface area contributed by atoms with Gasteiger partial charge in [-0.25, -0.2) is 0 Å². The first-order valence-electron chi connectivity index (χ1n) is 6.57. The van der Waals surface area contributed by atoms with Gasteiger partial charge in [0.1, 0.15) is 5.75 Å². The average molecular weight is 259 g/mol. The maximum atomic E-state index is 6.20. The third kappa shape index (κ3) is 3.58. The number of ether oxygens (including phenoxy) is 1. The maximum absolute atomic E-state index is 6.20. The minimum absolute atomic E-state index is 0.0632. The molecule has 1 aromatic heterocycles. The van der Waals surface area contributed by atoms with Gasteiger partial charge >= 0.3 is 0 Å². The van der Waals surface area contributed by atoms with Crippen molar-refractivity contribution in [1.82, 2.24) is 9.78 Å². The van der Waals surface area contributed by atoms with E-state index in [2.05, 4.69) is 5.10 Å². The van der Waals surface area contributed by atoms with Crippen LogP contribution in [0, 0.1) is 6.92 Å². The van der Waals surface area contributed by atoms with Crippen LogP contribution >= 0.6 is 0 Å². The highest BCUT2D eigenvalue weighted by molar-refractivity contribution is 5.29. The fourth-order valence-corrected chi connectivity index (χ4v) is 1.95. The van der Waals surface area contributed by atoms with E-state index in [1.807, 2.05) is 55.8 Å². The third-order valence-electron chi connectivity index (χ3n) is 2.98. The van der Waals surface area contributed by atoms with Gasteiger partial charge in [-0.2, -0.15) is 5.10 Å². The highest BCUT2D eigenvalue weighted by Crippen LogP contribution is 2.18. The molecular formula is C15H21N3O. The lowest BCUT2D eigenvalue weighted by Gasteiger charge is -2.15. The van der Waals surface area contributed by atoms with E-state index < -0.39 is 0 Å². The normalized spacial score (nSPS) is 12.7. The lowest BCUT2D eigenvalue weighted by atomic mass is 10.1. The number of rotatable bonds is 5. The van der Waals surface area contributed by atoms with E-state index in [4.69, 9.17) is 10.5 Å². The fourth-order valence-electron chi connectivity index (χ4n) is 1.95. The first-order chi connectivity index (χ1) is 9.06. The number of aryl methyl sites for hydroxylation is 1. The number of hydrogen-bond donors (Lipinski definition) is 1. The zero-order valence-electron chi connectivity index (χ0n) is 11.7. The molecule has 0 spiro atoms. The van der Waals surface area contributed by atoms with Crippen molar-refractivity contribution in [3.8, 4) is 5.75 Å². The highest BCUT2D eigenvalue weighted by Gasteiger charge is 2.09. The van der Waals surface area contributed by atoms with Crippen molar-refractivity contribution in [2.24, 2.45) is 5.73 Å². The molecule has 0 aliphatic carbocycles. The number of hydrogen-bond acceptors (Lipinski definition) is 3. The SMILES string of the molecule is Cc1ccnn1CC(N)c1ccc(OC(C)C)cc1. The van der Waals surface area contributed by atoms with E-state index in [0.29, 0.717) is 6.54 Å². The topological polar surface area (TPSA) is 53.1 Å². The van der Waals surface area contributed by atoms with Gasteiger partial charge in [0.15, 0.2) is 0 Å². The molecule has 2 rings (SSSR count). The van der Waals surface area contributed by atoms with Gasteiger partial charge in [-0.3, -0.25) is 4.68 Å². The average Bonchev–Trinajstić information content (AvgIpc) is 2.75. The van der Waals surface area contributed by atoms with Gasteiger partial charge in [0, 0.05) is 17.9 Å². The summed E-state index contributed by atoms with van der Waals surface area (Å²) < 4.78 is 7.54. The van der Waals surface area contributed by atoms with Crippen LogP contribution in [0.1, 0.15) is 31.1 Å². The smallest absolute Gasteiger partial charge is 0.119 e. The summed E-state index contributed by atoms with van der Waals surface area (Å²) in [6.07, 6.45) is 1.98. The summed E-state index contributed by atoms with van der Waals surface area (Å²) in [6.45, 7) is 6.74. The third-order valence-corrected chi connectivity index (χ3v) is 2.98. The Morgan fingerprint density at radius 1 is 1.21 bits per heavy atom. The van der Waals surface area contributed by atoms with Crippen molar-refractivity contribution < 1.29 is 4.74 Å². The van der Waals surface area contributed by atoms with Crippen molar-refractivity contribution in [3.63, 3.8) is 0 Å². The molecule has 19 heavy (non-hydrogen) atoms. The zero-order chi connectivity index (χ0) is 13.8. The zero-order valence-corrected chi connectivity index (χ0v) is 11.7. The van der Waals surface area contributed by atoms with Crippen LogP contribution in [0.25, 0.3) is 0 Å². The van der Waals surface area contributed by atoms with E-state index >= 15 is 0 Å². The summed E-state index contributed by atoms with van der Waals surface area (Å²) in [6, 6.07) is 9.87. The van der Waals surface area contributed by atoms with E-state index in [1.54, 1.807) is 6.20 Å². The Hall–Kier alpha value is -1.81. The van der Waals surface area contributed by atoms with Crippen LogP contribution in [-0.2, 0) is 6.54 Å². The summed E-state index contributed by atoms with van der Waals surface area (Å²) in [4.78, 5) is 0. The van der Waals surface area contributed by atoms with Crippen molar-refractivity contribution in [2.45, 2.75) is 39.5 Å². The number of nitrogens with zero attached hydrogens (tertiary/aromatic N) is 2. The Morgan fingerprint density at radius 2 is 1.89 bits per heavy atom. The monoisotopic (exact) mass is 259 g/mol. The molecule has 0 saturated heterocycles. The van der Waals surface area contributed by atoms with Crippen LogP contribution in [0.2, 0.25) is 0 Å². The van der Waals surface area contributed by atoms with E-state index in [9.17, 15) is 0 Å². The highest BCUT2D eigenvalue weighted by atomic mass is 16.5. The largest absolute Gasteiger partial charge is 0.491 e. The number of nitrogens with two attached hydrogens (primary N) is 1. The number of benzene rings is 1. The minimum Gasteiger partial charge on any atom is -0.491 e. The lowest BCUT2D eigenvalue weighted by molar-refractivity contribution is 0.242. The fraction of sp³-hybridized carbons (Fsp3) is 0.400. The molecule has 0 saturated carbocycles. The van der Waals surface area contributed by atoms with Crippen LogP contribution < -0.4 is 10.5 Å². The second kappa shape index (κ2) is 5.89. The Morgan fingerprint density at radius 3 is 2.42 bits per heavy atom. The van der Waals surface area contributed by atoms with Crippen LogP contribution in [0.5, 0.6) is 5.75 Å². The predicted octanol–water partition coefficient (Wildman–Crippen LogP) is 2.68. The van der Waals surface area contributed by atoms with Crippen molar-refractivity contribution in [1.29, 1.82) is 0 Å². The molecule has 1 aromatic carbocycles. The molecule has 1 atom stereocenters. The molecule has 0 aliphatic heterocycles. The summed E-state index contributed by atoms with van der Waals surface area (Å²) >= 11 is 0. The Bertz CT molecular complexity index is 516. The molecule has 102 valence electrons. The van der Waals surface area contributed by atoms with Crippen LogP contribution in [0.15, 0.2) is 36.5 Å². The van der Waals surface area contributed by atoms with Gasteiger partial charge in [-0.05, 0) is 44.5 Å². The molecule has 0 radical (unpaired) electrons. The second-order valence-electron chi connectivity index (χ2n) is 5.00. The molecule has 0 fully saturated rings. The molecule has 2 aromatic rings. The maximum Gasteiger partial charge on any atom is 0.119 e. The van der Waals surface area contributed by atoms with Crippen molar-refractivity contribution in [3.05, 3.63) is 47.8 Å². The van der Waals surface area contributed by atoms with Crippen LogP contribution in [-0.4, -0.2) is 15.9 Å². The van der Waals surface area contributed by atoms with Crippen molar-refractivity contribution >= 4 is 0 Å². The lowest BCUT2D eigenvalue weighted by Crippen LogP contribution is -2.19. The number of aromatic nitrogens is 2. The van der Waals surface area contributed by atoms with Gasteiger partial charge in [-0.1, -0.05) is 12.1 Å². The molecule has 2 N–H and O–H groups in total. The standard InChI is InChI=1S/C15H21N3O/c1-11(2)19-14-6-4-13(5-7-14)15(16)10-18-12(3)8-9-17-18/h4-9,11,15H,10,16H2,1-3H3. The van der Waals surface area contributed by atoms with Gasteiger partial charge in [0.05, 0.1) is 12.6 Å². The molecule has 0 aliphatic rings. The second-order valence-corrected chi connectivity index (χ2v) is 5.00. The molecule has 4 nitrogen and oxygen atoms in total. The first kappa shape index (κ1) is 13.6. The molecule has 0 amide bonds. The van der Waals surface area contributed by atoms with Gasteiger partial charge < -0.3 is 10.5 Å². The predicted molar refractivity (Wildman–Crippen MR) is 76.1 cm³/mol. The Balaban J connectivity index is 2.03. The van der Waals surface area contributed by atoms with E-state index in [0.717, 1.165) is 17.0 Å². The molecule has 1 heterocycles. The first-order valence-corrected chi connectivity index (χ1v) is 6.57. The summed E-state index contributed by atoms with van der Waals surface area (Å²) in [5, 5.41) is 4.25. The quantitative estimate of drug-likeness (QED) is 0.898. The van der Waals surface area contributed by atoms with Gasteiger partial charge in [0.2, 0.25) is 0 Å². The molecule has 0 bridgehead atoms. The Labute approximate surface area is 114 Å². The summed E-state index contributed by atoms with van der Waals surface area (Å²) in [5.74, 6) is 0.876. The van der Waals surface area contributed by atoms with Gasteiger partial charge in [-0.15, -0.1) is 0 Å². The van der Waals surface area contributed by atoms with Crippen molar-refractivity contribution in [2.75, 3.05) is 0 Å². The van der Waals surface area contributed by atoms with Crippen LogP contribution in [0.3, 0.4) is 0 Å². The minimum atomic E-state index is -0.0632. The summed E-state index contributed by atoms with van der Waals surface area (Å²) in [5.41, 5.74) is 8.41. The molecule has 4 heteroatoms.